The van der Waals surface area contributed by atoms with Crippen molar-refractivity contribution < 1.29 is 14.3 Å². The summed E-state index contributed by atoms with van der Waals surface area (Å²) in [5.74, 6) is 2.39. The van der Waals surface area contributed by atoms with E-state index in [0.29, 0.717) is 40.6 Å². The van der Waals surface area contributed by atoms with Crippen LogP contribution in [0, 0.1) is 5.92 Å². The van der Waals surface area contributed by atoms with Crippen LogP contribution >= 0.6 is 23.2 Å². The highest BCUT2D eigenvalue weighted by atomic mass is 35.5. The molecule has 0 N–H and O–H groups in total. The minimum atomic E-state index is -0.0971. The Hall–Kier alpha value is -2.87. The Balaban J connectivity index is 1.32. The number of likely N-dealkylation sites (tertiary alicyclic amines) is 1. The lowest BCUT2D eigenvalue weighted by Gasteiger charge is -2.31. The second kappa shape index (κ2) is 13.7. The molecule has 212 valence electrons. The molecule has 4 heterocycles. The number of carbonyl (C=O) groups is 1. The number of pyridine rings is 2. The molecule has 0 bridgehead atoms. The largest absolute Gasteiger partial charge is 0.466 e. The highest BCUT2D eigenvalue weighted by molar-refractivity contribution is 6.35. The van der Waals surface area contributed by atoms with Gasteiger partial charge in [-0.2, -0.15) is 0 Å². The average Bonchev–Trinajstić information content (AvgIpc) is 2.94. The molecule has 0 aliphatic carbocycles. The summed E-state index contributed by atoms with van der Waals surface area (Å²) in [5.41, 5.74) is 2.65. The van der Waals surface area contributed by atoms with E-state index >= 15 is 0 Å². The van der Waals surface area contributed by atoms with E-state index in [1.54, 1.807) is 12.3 Å². The van der Waals surface area contributed by atoms with Crippen molar-refractivity contribution in [3.63, 3.8) is 0 Å². The molecule has 0 atom stereocenters. The zero-order chi connectivity index (χ0) is 27.9. The lowest BCUT2D eigenvalue weighted by Crippen LogP contribution is -2.34. The Labute approximate surface area is 246 Å². The van der Waals surface area contributed by atoms with Gasteiger partial charge in [-0.05, 0) is 100.0 Å². The summed E-state index contributed by atoms with van der Waals surface area (Å²) in [6, 6.07) is 13.5. The Morgan fingerprint density at radius 3 is 2.40 bits per heavy atom. The third-order valence-electron chi connectivity index (χ3n) is 7.52. The average molecular weight is 584 g/mol. The summed E-state index contributed by atoms with van der Waals surface area (Å²) in [5, 5.41) is 1.11. The standard InChI is InChI=1S/C31H36Cl2N4O3/c1-2-39-31(38)16-22-8-12-36(13-9-22)21-23-14-28(24-17-25(32)19-26(33)18-24)35-30(15-23)40-27-6-7-29(34-20-27)37-10-4-3-5-11-37/h6-7,14-15,17-20,22H,2-5,8-13,16,21H2,1H3. The maximum atomic E-state index is 11.9. The molecular formula is C31H36Cl2N4O3. The first kappa shape index (κ1) is 28.7. The molecule has 0 spiro atoms. The van der Waals surface area contributed by atoms with Gasteiger partial charge < -0.3 is 14.4 Å². The molecule has 0 radical (unpaired) electrons. The summed E-state index contributed by atoms with van der Waals surface area (Å²) in [6.07, 6.45) is 7.90. The maximum Gasteiger partial charge on any atom is 0.306 e. The highest BCUT2D eigenvalue weighted by Gasteiger charge is 2.23. The molecule has 5 rings (SSSR count). The van der Waals surface area contributed by atoms with E-state index in [4.69, 9.17) is 37.7 Å². The number of halogens is 2. The molecule has 3 aromatic rings. The van der Waals surface area contributed by atoms with Crippen LogP contribution in [0.25, 0.3) is 11.3 Å². The molecule has 2 aliphatic heterocycles. The van der Waals surface area contributed by atoms with Crippen molar-refractivity contribution in [2.24, 2.45) is 5.92 Å². The quantitative estimate of drug-likeness (QED) is 0.243. The number of carbonyl (C=O) groups excluding carboxylic acids is 1. The van der Waals surface area contributed by atoms with Crippen LogP contribution in [0.5, 0.6) is 11.6 Å². The Bertz CT molecular complexity index is 1270. The Kier molecular flexibility index (Phi) is 9.79. The maximum absolute atomic E-state index is 11.9. The van der Waals surface area contributed by atoms with E-state index in [2.05, 4.69) is 20.9 Å². The Morgan fingerprint density at radius 2 is 1.73 bits per heavy atom. The number of benzene rings is 1. The van der Waals surface area contributed by atoms with Crippen molar-refractivity contribution >= 4 is 35.0 Å². The molecule has 9 heteroatoms. The topological polar surface area (TPSA) is 67.8 Å². The first-order valence-electron chi connectivity index (χ1n) is 14.2. The minimum absolute atomic E-state index is 0.0971. The normalized spacial score (nSPS) is 16.6. The number of anilines is 1. The van der Waals surface area contributed by atoms with Crippen LogP contribution in [0.2, 0.25) is 10.0 Å². The minimum Gasteiger partial charge on any atom is -0.466 e. The van der Waals surface area contributed by atoms with Crippen LogP contribution in [0.1, 0.15) is 51.0 Å². The monoisotopic (exact) mass is 582 g/mol. The van der Waals surface area contributed by atoms with Gasteiger partial charge in [-0.25, -0.2) is 9.97 Å². The third kappa shape index (κ3) is 7.87. The van der Waals surface area contributed by atoms with Crippen LogP contribution in [-0.2, 0) is 16.1 Å². The van der Waals surface area contributed by atoms with Crippen molar-refractivity contribution in [2.75, 3.05) is 37.7 Å². The number of hydrogen-bond acceptors (Lipinski definition) is 7. The molecule has 2 aliphatic rings. The number of ether oxygens (including phenoxy) is 2. The molecular weight excluding hydrogens is 547 g/mol. The molecule has 7 nitrogen and oxygen atoms in total. The van der Waals surface area contributed by atoms with Crippen LogP contribution in [-0.4, -0.2) is 53.6 Å². The molecule has 2 saturated heterocycles. The van der Waals surface area contributed by atoms with E-state index in [1.165, 1.54) is 19.3 Å². The van der Waals surface area contributed by atoms with E-state index in [-0.39, 0.29) is 5.97 Å². The summed E-state index contributed by atoms with van der Waals surface area (Å²) >= 11 is 12.6. The van der Waals surface area contributed by atoms with Gasteiger partial charge in [-0.15, -0.1) is 0 Å². The van der Waals surface area contributed by atoms with Gasteiger partial charge in [-0.3, -0.25) is 9.69 Å². The van der Waals surface area contributed by atoms with Gasteiger partial charge in [0, 0.05) is 47.7 Å². The molecule has 0 amide bonds. The summed E-state index contributed by atoms with van der Waals surface area (Å²) in [4.78, 5) is 26.1. The zero-order valence-corrected chi connectivity index (χ0v) is 24.5. The Morgan fingerprint density at radius 1 is 0.975 bits per heavy atom. The lowest BCUT2D eigenvalue weighted by atomic mass is 9.93. The first-order valence-corrected chi connectivity index (χ1v) is 14.9. The van der Waals surface area contributed by atoms with Crippen molar-refractivity contribution in [1.82, 2.24) is 14.9 Å². The van der Waals surface area contributed by atoms with Crippen LogP contribution in [0.15, 0.2) is 48.7 Å². The van der Waals surface area contributed by atoms with Gasteiger partial charge in [0.1, 0.15) is 11.6 Å². The number of nitrogens with zero attached hydrogens (tertiary/aromatic N) is 4. The van der Waals surface area contributed by atoms with Crippen LogP contribution in [0.3, 0.4) is 0 Å². The number of piperidine rings is 2. The lowest BCUT2D eigenvalue weighted by molar-refractivity contribution is -0.144. The highest BCUT2D eigenvalue weighted by Crippen LogP contribution is 2.31. The van der Waals surface area contributed by atoms with Gasteiger partial charge in [0.05, 0.1) is 18.5 Å². The summed E-state index contributed by atoms with van der Waals surface area (Å²) in [6.45, 7) is 6.96. The SMILES string of the molecule is CCOC(=O)CC1CCN(Cc2cc(Oc3ccc(N4CCCCC4)nc3)nc(-c3cc(Cl)cc(Cl)c3)c2)CC1. The van der Waals surface area contributed by atoms with E-state index < -0.39 is 0 Å². The van der Waals surface area contributed by atoms with Crippen molar-refractivity contribution in [3.8, 4) is 22.9 Å². The van der Waals surface area contributed by atoms with Crippen molar-refractivity contribution in [3.05, 3.63) is 64.3 Å². The fourth-order valence-electron chi connectivity index (χ4n) is 5.48. The van der Waals surface area contributed by atoms with E-state index in [9.17, 15) is 4.79 Å². The van der Waals surface area contributed by atoms with Crippen LogP contribution in [0.4, 0.5) is 5.82 Å². The van der Waals surface area contributed by atoms with E-state index in [1.807, 2.05) is 37.3 Å². The molecule has 0 unspecified atom stereocenters. The van der Waals surface area contributed by atoms with Crippen molar-refractivity contribution in [2.45, 2.75) is 52.0 Å². The van der Waals surface area contributed by atoms with Gasteiger partial charge in [0.25, 0.3) is 0 Å². The fraction of sp³-hybridized carbons (Fsp3) is 0.452. The van der Waals surface area contributed by atoms with Crippen LogP contribution < -0.4 is 9.64 Å². The summed E-state index contributed by atoms with van der Waals surface area (Å²) in [7, 11) is 0. The smallest absolute Gasteiger partial charge is 0.306 e. The fourth-order valence-corrected chi connectivity index (χ4v) is 6.00. The molecule has 1 aromatic carbocycles. The molecule has 2 fully saturated rings. The number of hydrogen-bond donors (Lipinski definition) is 0. The first-order chi connectivity index (χ1) is 19.4. The predicted molar refractivity (Wildman–Crippen MR) is 159 cm³/mol. The summed E-state index contributed by atoms with van der Waals surface area (Å²) < 4.78 is 11.4. The van der Waals surface area contributed by atoms with Crippen molar-refractivity contribution in [1.29, 1.82) is 0 Å². The number of esters is 1. The van der Waals surface area contributed by atoms with Gasteiger partial charge in [-0.1, -0.05) is 23.2 Å². The zero-order valence-electron chi connectivity index (χ0n) is 23.0. The number of aromatic nitrogens is 2. The third-order valence-corrected chi connectivity index (χ3v) is 7.95. The van der Waals surface area contributed by atoms with Gasteiger partial charge in [0.15, 0.2) is 0 Å². The van der Waals surface area contributed by atoms with Gasteiger partial charge >= 0.3 is 5.97 Å². The molecule has 0 saturated carbocycles. The number of rotatable bonds is 9. The second-order valence-electron chi connectivity index (χ2n) is 10.6. The van der Waals surface area contributed by atoms with Gasteiger partial charge in [0.2, 0.25) is 5.88 Å². The molecule has 2 aromatic heterocycles. The van der Waals surface area contributed by atoms with E-state index in [0.717, 1.165) is 68.2 Å². The second-order valence-corrected chi connectivity index (χ2v) is 11.5. The molecule has 40 heavy (non-hydrogen) atoms. The predicted octanol–water partition coefficient (Wildman–Crippen LogP) is 7.40.